The molecule has 1 N–H and O–H groups in total. The molecule has 0 saturated carbocycles. The summed E-state index contributed by atoms with van der Waals surface area (Å²) in [5.74, 6) is -0.265. The summed E-state index contributed by atoms with van der Waals surface area (Å²) in [4.78, 5) is 19.1. The number of rotatable bonds is 6. The molecule has 1 fully saturated rings. The van der Waals surface area contributed by atoms with E-state index in [0.29, 0.717) is 5.56 Å². The van der Waals surface area contributed by atoms with Crippen molar-refractivity contribution in [1.29, 1.82) is 0 Å². The Morgan fingerprint density at radius 1 is 1.06 bits per heavy atom. The standard InChI is InChI=1S/C29H38N2O2/c1-20-27(28(32)33-21(2)23-10-12-24(13-11-23)29(3,4)5)25-19-22(9-14-26(25)30-20)15-18-31-16-7-6-8-17-31/h9-14,19,21,30H,6-8,15-18H2,1-5H3. The minimum Gasteiger partial charge on any atom is -0.454 e. The molecule has 0 radical (unpaired) electrons. The fourth-order valence-corrected chi connectivity index (χ4v) is 4.80. The maximum Gasteiger partial charge on any atom is 0.341 e. The average molecular weight is 447 g/mol. The van der Waals surface area contributed by atoms with Crippen LogP contribution in [0.5, 0.6) is 0 Å². The first-order valence-corrected chi connectivity index (χ1v) is 12.4. The number of H-pyrrole nitrogens is 1. The fraction of sp³-hybridized carbons (Fsp3) is 0.483. The van der Waals surface area contributed by atoms with Gasteiger partial charge in [-0.2, -0.15) is 0 Å². The number of likely N-dealkylation sites (tertiary alicyclic amines) is 1. The molecule has 2 heterocycles. The van der Waals surface area contributed by atoms with E-state index in [1.807, 2.05) is 13.8 Å². The zero-order valence-electron chi connectivity index (χ0n) is 20.8. The minimum absolute atomic E-state index is 0.102. The van der Waals surface area contributed by atoms with Crippen LogP contribution in [0.15, 0.2) is 42.5 Å². The highest BCUT2D eigenvalue weighted by atomic mass is 16.5. The van der Waals surface area contributed by atoms with E-state index in [4.69, 9.17) is 4.74 Å². The number of fused-ring (bicyclic) bond motifs is 1. The molecular formula is C29H38N2O2. The molecule has 1 aromatic heterocycles. The monoisotopic (exact) mass is 446 g/mol. The van der Waals surface area contributed by atoms with Crippen LogP contribution in [0, 0.1) is 6.92 Å². The summed E-state index contributed by atoms with van der Waals surface area (Å²) in [5, 5.41) is 0.962. The number of aromatic nitrogens is 1. The Morgan fingerprint density at radius 3 is 2.42 bits per heavy atom. The molecule has 1 aliphatic rings. The number of esters is 1. The Balaban J connectivity index is 1.49. The number of benzene rings is 2. The van der Waals surface area contributed by atoms with Gasteiger partial charge in [0.25, 0.3) is 0 Å². The largest absolute Gasteiger partial charge is 0.454 e. The lowest BCUT2D eigenvalue weighted by molar-refractivity contribution is 0.0339. The number of nitrogens with zero attached hydrogens (tertiary/aromatic N) is 1. The number of carbonyl (C=O) groups is 1. The number of piperidine rings is 1. The molecule has 4 nitrogen and oxygen atoms in total. The van der Waals surface area contributed by atoms with E-state index in [9.17, 15) is 4.79 Å². The lowest BCUT2D eigenvalue weighted by Gasteiger charge is -2.26. The fourth-order valence-electron chi connectivity index (χ4n) is 4.80. The first-order chi connectivity index (χ1) is 15.7. The minimum atomic E-state index is -0.307. The maximum atomic E-state index is 13.2. The molecule has 3 aromatic rings. The second kappa shape index (κ2) is 9.72. The van der Waals surface area contributed by atoms with Crippen LogP contribution in [0.2, 0.25) is 0 Å². The predicted octanol–water partition coefficient (Wildman–Crippen LogP) is 6.72. The second-order valence-corrected chi connectivity index (χ2v) is 10.6. The van der Waals surface area contributed by atoms with E-state index in [1.165, 1.54) is 43.5 Å². The Morgan fingerprint density at radius 2 is 1.76 bits per heavy atom. The van der Waals surface area contributed by atoms with Crippen LogP contribution in [0.3, 0.4) is 0 Å². The van der Waals surface area contributed by atoms with Crippen molar-refractivity contribution in [2.45, 2.75) is 71.8 Å². The van der Waals surface area contributed by atoms with E-state index in [1.54, 1.807) is 0 Å². The van der Waals surface area contributed by atoms with Crippen LogP contribution in [0.4, 0.5) is 0 Å². The van der Waals surface area contributed by atoms with Crippen molar-refractivity contribution in [2.75, 3.05) is 19.6 Å². The third-order valence-electron chi connectivity index (χ3n) is 6.95. The number of aromatic amines is 1. The van der Waals surface area contributed by atoms with Gasteiger partial charge in [-0.25, -0.2) is 4.79 Å². The first-order valence-electron chi connectivity index (χ1n) is 12.4. The van der Waals surface area contributed by atoms with Crippen LogP contribution in [0.1, 0.15) is 85.8 Å². The summed E-state index contributed by atoms with van der Waals surface area (Å²) in [7, 11) is 0. The highest BCUT2D eigenvalue weighted by Crippen LogP contribution is 2.29. The predicted molar refractivity (Wildman–Crippen MR) is 136 cm³/mol. The van der Waals surface area contributed by atoms with Crippen LogP contribution in [0.25, 0.3) is 10.9 Å². The van der Waals surface area contributed by atoms with Gasteiger partial charge in [0, 0.05) is 23.1 Å². The second-order valence-electron chi connectivity index (χ2n) is 10.6. The first kappa shape index (κ1) is 23.6. The molecule has 0 spiro atoms. The highest BCUT2D eigenvalue weighted by molar-refractivity contribution is 6.05. The molecular weight excluding hydrogens is 408 g/mol. The zero-order chi connectivity index (χ0) is 23.6. The SMILES string of the molecule is Cc1[nH]c2ccc(CCN3CCCCC3)cc2c1C(=O)OC(C)c1ccc(C(C)(C)C)cc1. The maximum absolute atomic E-state index is 13.2. The van der Waals surface area contributed by atoms with Crippen molar-refractivity contribution in [3.05, 3.63) is 70.4 Å². The van der Waals surface area contributed by atoms with Crippen molar-refractivity contribution >= 4 is 16.9 Å². The summed E-state index contributed by atoms with van der Waals surface area (Å²) in [6.07, 6.45) is 4.67. The van der Waals surface area contributed by atoms with Gasteiger partial charge >= 0.3 is 5.97 Å². The van der Waals surface area contributed by atoms with Crippen molar-refractivity contribution in [2.24, 2.45) is 0 Å². The van der Waals surface area contributed by atoms with Crippen molar-refractivity contribution in [1.82, 2.24) is 9.88 Å². The smallest absolute Gasteiger partial charge is 0.341 e. The molecule has 0 bridgehead atoms. The van der Waals surface area contributed by atoms with Gasteiger partial charge in [0.15, 0.2) is 0 Å². The average Bonchev–Trinajstić information content (AvgIpc) is 3.13. The number of hydrogen-bond acceptors (Lipinski definition) is 3. The van der Waals surface area contributed by atoms with E-state index in [2.05, 4.69) is 73.1 Å². The van der Waals surface area contributed by atoms with Gasteiger partial charge in [0.2, 0.25) is 0 Å². The van der Waals surface area contributed by atoms with Gasteiger partial charge in [-0.05, 0) is 80.4 Å². The Bertz CT molecular complexity index is 1100. The van der Waals surface area contributed by atoms with Crippen LogP contribution >= 0.6 is 0 Å². The van der Waals surface area contributed by atoms with E-state index in [0.717, 1.165) is 35.1 Å². The normalized spacial score (nSPS) is 16.2. The Labute approximate surface area is 198 Å². The number of carbonyl (C=O) groups excluding carboxylic acids is 1. The van der Waals surface area contributed by atoms with Crippen molar-refractivity contribution in [3.63, 3.8) is 0 Å². The lowest BCUT2D eigenvalue weighted by Crippen LogP contribution is -2.31. The molecule has 176 valence electrons. The van der Waals surface area contributed by atoms with Gasteiger partial charge in [0.05, 0.1) is 5.56 Å². The van der Waals surface area contributed by atoms with Crippen LogP contribution < -0.4 is 0 Å². The Kier molecular flexibility index (Phi) is 6.94. The summed E-state index contributed by atoms with van der Waals surface area (Å²) < 4.78 is 5.92. The number of nitrogens with one attached hydrogen (secondary N) is 1. The van der Waals surface area contributed by atoms with E-state index >= 15 is 0 Å². The van der Waals surface area contributed by atoms with E-state index in [-0.39, 0.29) is 17.5 Å². The molecule has 4 heteroatoms. The van der Waals surface area contributed by atoms with Gasteiger partial charge in [-0.15, -0.1) is 0 Å². The van der Waals surface area contributed by atoms with Gasteiger partial charge in [0.1, 0.15) is 6.10 Å². The Hall–Kier alpha value is -2.59. The molecule has 4 rings (SSSR count). The lowest BCUT2D eigenvalue weighted by atomic mass is 9.86. The van der Waals surface area contributed by atoms with Crippen molar-refractivity contribution < 1.29 is 9.53 Å². The quantitative estimate of drug-likeness (QED) is 0.428. The summed E-state index contributed by atoms with van der Waals surface area (Å²) in [6, 6.07) is 14.8. The summed E-state index contributed by atoms with van der Waals surface area (Å²) in [5.41, 5.74) is 6.16. The molecule has 2 aromatic carbocycles. The summed E-state index contributed by atoms with van der Waals surface area (Å²) >= 11 is 0. The topological polar surface area (TPSA) is 45.3 Å². The number of aryl methyl sites for hydroxylation is 1. The zero-order valence-corrected chi connectivity index (χ0v) is 20.8. The van der Waals surface area contributed by atoms with Gasteiger partial charge in [-0.1, -0.05) is 57.5 Å². The third kappa shape index (κ3) is 5.50. The highest BCUT2D eigenvalue weighted by Gasteiger charge is 2.21. The molecule has 0 aliphatic carbocycles. The third-order valence-corrected chi connectivity index (χ3v) is 6.95. The number of ether oxygens (including phenoxy) is 1. The molecule has 1 saturated heterocycles. The number of hydrogen-bond donors (Lipinski definition) is 1. The van der Waals surface area contributed by atoms with Gasteiger partial charge < -0.3 is 14.6 Å². The van der Waals surface area contributed by atoms with Crippen LogP contribution in [-0.2, 0) is 16.6 Å². The molecule has 1 unspecified atom stereocenters. The van der Waals surface area contributed by atoms with Crippen LogP contribution in [-0.4, -0.2) is 35.5 Å². The van der Waals surface area contributed by atoms with Crippen molar-refractivity contribution in [3.8, 4) is 0 Å². The molecule has 1 atom stereocenters. The molecule has 1 aliphatic heterocycles. The molecule has 0 amide bonds. The molecule has 33 heavy (non-hydrogen) atoms. The van der Waals surface area contributed by atoms with Gasteiger partial charge in [-0.3, -0.25) is 0 Å². The van der Waals surface area contributed by atoms with E-state index < -0.39 is 0 Å². The summed E-state index contributed by atoms with van der Waals surface area (Å²) in [6.45, 7) is 14.0.